The molecule has 1 N–H and O–H groups in total. The smallest absolute Gasteiger partial charge is 0.264 e. The van der Waals surface area contributed by atoms with E-state index in [-0.39, 0.29) is 23.4 Å². The second kappa shape index (κ2) is 10.5. The predicted molar refractivity (Wildman–Crippen MR) is 156 cm³/mol. The van der Waals surface area contributed by atoms with E-state index >= 15 is 0 Å². The number of hydrogen-bond donors (Lipinski definition) is 1. The number of benzene rings is 1. The van der Waals surface area contributed by atoms with Crippen LogP contribution in [0, 0.1) is 5.41 Å². The SMILES string of the molecule is CC1(C(=O)N2CCC(O)(Cn3cnc4c(cnn4-c4ccc(-c5cnn(C6CCOCC6)c5)cc4)c3=O)CC2)CCC1. The van der Waals surface area contributed by atoms with Gasteiger partial charge in [-0.25, -0.2) is 9.67 Å². The fraction of sp³-hybridized carbons (Fsp3) is 0.516. The van der Waals surface area contributed by atoms with Crippen LogP contribution in [0.3, 0.4) is 0 Å². The summed E-state index contributed by atoms with van der Waals surface area (Å²) in [7, 11) is 0. The summed E-state index contributed by atoms with van der Waals surface area (Å²) < 4.78 is 10.6. The van der Waals surface area contributed by atoms with Crippen molar-refractivity contribution >= 4 is 16.9 Å². The second-order valence-corrected chi connectivity index (χ2v) is 12.5. The van der Waals surface area contributed by atoms with Gasteiger partial charge in [-0.05, 0) is 56.2 Å². The quantitative estimate of drug-likeness (QED) is 0.377. The maximum Gasteiger partial charge on any atom is 0.264 e. The van der Waals surface area contributed by atoms with Gasteiger partial charge in [-0.3, -0.25) is 18.8 Å². The average molecular weight is 572 g/mol. The van der Waals surface area contributed by atoms with Gasteiger partial charge in [0.05, 0.1) is 36.3 Å². The molecular formula is C31H37N7O4. The van der Waals surface area contributed by atoms with E-state index < -0.39 is 5.60 Å². The van der Waals surface area contributed by atoms with Crippen molar-refractivity contribution in [1.82, 2.24) is 34.0 Å². The van der Waals surface area contributed by atoms with Gasteiger partial charge >= 0.3 is 0 Å². The Morgan fingerprint density at radius 1 is 1.02 bits per heavy atom. The number of aromatic nitrogens is 6. The van der Waals surface area contributed by atoms with E-state index in [1.165, 1.54) is 17.1 Å². The van der Waals surface area contributed by atoms with E-state index in [0.29, 0.717) is 43.0 Å². The number of amides is 1. The number of ether oxygens (including phenoxy) is 1. The number of fused-ring (bicyclic) bond motifs is 1. The third-order valence-electron chi connectivity index (χ3n) is 9.59. The molecule has 11 nitrogen and oxygen atoms in total. The van der Waals surface area contributed by atoms with Crippen LogP contribution in [0.1, 0.15) is 57.9 Å². The largest absolute Gasteiger partial charge is 0.388 e. The molecule has 0 radical (unpaired) electrons. The number of aliphatic hydroxyl groups is 1. The average Bonchev–Trinajstić information content (AvgIpc) is 3.67. The summed E-state index contributed by atoms with van der Waals surface area (Å²) in [5, 5.41) is 20.8. The van der Waals surface area contributed by atoms with Crippen molar-refractivity contribution in [1.29, 1.82) is 0 Å². The molecule has 1 aromatic carbocycles. The Morgan fingerprint density at radius 3 is 2.45 bits per heavy atom. The predicted octanol–water partition coefficient (Wildman–Crippen LogP) is 3.34. The highest BCUT2D eigenvalue weighted by atomic mass is 16.5. The lowest BCUT2D eigenvalue weighted by Crippen LogP contribution is -2.54. The molecule has 2 saturated heterocycles. The standard InChI is InChI=1S/C31H37N7O4/c1-30(9-2-10-30)29(40)35-13-11-31(41,12-14-35)20-36-21-32-27-26(28(36)39)18-34-38(27)25-5-3-22(4-6-25)23-17-33-37(19-23)24-7-15-42-16-8-24/h3-6,17-19,21,24,41H,2,7-16,20H2,1H3. The Hall–Kier alpha value is -3.83. The second-order valence-electron chi connectivity index (χ2n) is 12.5. The summed E-state index contributed by atoms with van der Waals surface area (Å²) in [5.41, 5.74) is 1.81. The Balaban J connectivity index is 1.05. The van der Waals surface area contributed by atoms with E-state index in [1.807, 2.05) is 47.0 Å². The summed E-state index contributed by atoms with van der Waals surface area (Å²) >= 11 is 0. The lowest BCUT2D eigenvalue weighted by Gasteiger charge is -2.45. The zero-order valence-electron chi connectivity index (χ0n) is 24.0. The molecule has 220 valence electrons. The van der Waals surface area contributed by atoms with Crippen LogP contribution in [0.2, 0.25) is 0 Å². The Bertz CT molecular complexity index is 1650. The Labute approximate surface area is 243 Å². The summed E-state index contributed by atoms with van der Waals surface area (Å²) in [6.07, 6.45) is 12.8. The van der Waals surface area contributed by atoms with Crippen molar-refractivity contribution < 1.29 is 14.6 Å². The van der Waals surface area contributed by atoms with Crippen LogP contribution in [0.25, 0.3) is 27.8 Å². The molecule has 42 heavy (non-hydrogen) atoms. The molecule has 0 spiro atoms. The number of nitrogens with zero attached hydrogens (tertiary/aromatic N) is 7. The first kappa shape index (κ1) is 27.0. The maximum absolute atomic E-state index is 13.4. The Kier molecular flexibility index (Phi) is 6.73. The molecule has 1 aliphatic carbocycles. The van der Waals surface area contributed by atoms with Crippen LogP contribution >= 0.6 is 0 Å². The number of rotatable bonds is 6. The molecule has 1 amide bonds. The molecule has 7 rings (SSSR count). The summed E-state index contributed by atoms with van der Waals surface area (Å²) in [6.45, 7) is 4.71. The summed E-state index contributed by atoms with van der Waals surface area (Å²) in [6, 6.07) is 8.34. The molecular weight excluding hydrogens is 534 g/mol. The molecule has 3 aliphatic rings. The van der Waals surface area contributed by atoms with E-state index in [9.17, 15) is 14.7 Å². The van der Waals surface area contributed by atoms with Crippen LogP contribution < -0.4 is 5.56 Å². The van der Waals surface area contributed by atoms with Gasteiger partial charge in [0.2, 0.25) is 5.91 Å². The van der Waals surface area contributed by atoms with Crippen LogP contribution in [-0.4, -0.2) is 76.9 Å². The number of piperidine rings is 1. The zero-order valence-corrected chi connectivity index (χ0v) is 24.0. The molecule has 2 aliphatic heterocycles. The summed E-state index contributed by atoms with van der Waals surface area (Å²) in [4.78, 5) is 32.7. The minimum absolute atomic E-state index is 0.134. The van der Waals surface area contributed by atoms with E-state index in [0.717, 1.165) is 62.1 Å². The van der Waals surface area contributed by atoms with Gasteiger partial charge in [0.25, 0.3) is 5.56 Å². The van der Waals surface area contributed by atoms with Gasteiger partial charge in [0, 0.05) is 43.5 Å². The number of hydrogen-bond acceptors (Lipinski definition) is 7. The van der Waals surface area contributed by atoms with Gasteiger partial charge in [-0.1, -0.05) is 25.5 Å². The highest BCUT2D eigenvalue weighted by Crippen LogP contribution is 2.42. The van der Waals surface area contributed by atoms with Crippen LogP contribution in [0.4, 0.5) is 0 Å². The van der Waals surface area contributed by atoms with E-state index in [1.54, 1.807) is 4.68 Å². The van der Waals surface area contributed by atoms with Gasteiger partial charge < -0.3 is 14.7 Å². The van der Waals surface area contributed by atoms with Crippen molar-refractivity contribution in [2.75, 3.05) is 26.3 Å². The van der Waals surface area contributed by atoms with Crippen molar-refractivity contribution in [3.05, 3.63) is 59.5 Å². The van der Waals surface area contributed by atoms with Gasteiger partial charge in [-0.15, -0.1) is 0 Å². The van der Waals surface area contributed by atoms with Crippen molar-refractivity contribution in [2.45, 2.75) is 70.1 Å². The summed E-state index contributed by atoms with van der Waals surface area (Å²) in [5.74, 6) is 0.196. The fourth-order valence-corrected chi connectivity index (χ4v) is 6.59. The molecule has 4 aromatic rings. The minimum Gasteiger partial charge on any atom is -0.388 e. The van der Waals surface area contributed by atoms with Crippen molar-refractivity contribution in [3.8, 4) is 16.8 Å². The van der Waals surface area contributed by atoms with Crippen LogP contribution in [-0.2, 0) is 16.1 Å². The third kappa shape index (κ3) is 4.84. The normalized spacial score (nSPS) is 20.5. The van der Waals surface area contributed by atoms with Crippen LogP contribution in [0.5, 0.6) is 0 Å². The maximum atomic E-state index is 13.4. The lowest BCUT2D eigenvalue weighted by molar-refractivity contribution is -0.150. The fourth-order valence-electron chi connectivity index (χ4n) is 6.59. The molecule has 11 heteroatoms. The molecule has 5 heterocycles. The monoisotopic (exact) mass is 571 g/mol. The molecule has 0 atom stereocenters. The van der Waals surface area contributed by atoms with Crippen LogP contribution in [0.15, 0.2) is 54.0 Å². The molecule has 3 aromatic heterocycles. The van der Waals surface area contributed by atoms with Gasteiger partial charge in [0.1, 0.15) is 11.7 Å². The number of likely N-dealkylation sites (tertiary alicyclic amines) is 1. The third-order valence-corrected chi connectivity index (χ3v) is 9.59. The number of carbonyl (C=O) groups excluding carboxylic acids is 1. The van der Waals surface area contributed by atoms with Crippen molar-refractivity contribution in [2.24, 2.45) is 5.41 Å². The first-order chi connectivity index (χ1) is 20.3. The molecule has 1 saturated carbocycles. The van der Waals surface area contributed by atoms with Gasteiger partial charge in [0.15, 0.2) is 5.65 Å². The first-order valence-corrected chi connectivity index (χ1v) is 15.0. The minimum atomic E-state index is -1.07. The highest BCUT2D eigenvalue weighted by Gasteiger charge is 2.44. The first-order valence-electron chi connectivity index (χ1n) is 15.0. The van der Waals surface area contributed by atoms with E-state index in [2.05, 4.69) is 21.4 Å². The highest BCUT2D eigenvalue weighted by molar-refractivity contribution is 5.83. The topological polar surface area (TPSA) is 120 Å². The molecule has 0 unspecified atom stereocenters. The van der Waals surface area contributed by atoms with Crippen molar-refractivity contribution in [3.63, 3.8) is 0 Å². The number of carbonyl (C=O) groups is 1. The Morgan fingerprint density at radius 2 is 1.76 bits per heavy atom. The molecule has 3 fully saturated rings. The van der Waals surface area contributed by atoms with E-state index in [4.69, 9.17) is 4.74 Å². The zero-order chi connectivity index (χ0) is 28.9. The molecule has 0 bridgehead atoms. The van der Waals surface area contributed by atoms with Gasteiger partial charge in [-0.2, -0.15) is 10.2 Å². The lowest BCUT2D eigenvalue weighted by atomic mass is 9.69.